The zero-order valence-corrected chi connectivity index (χ0v) is 18.3. The van der Waals surface area contributed by atoms with Crippen LogP contribution >= 0.6 is 11.3 Å². The predicted molar refractivity (Wildman–Crippen MR) is 119 cm³/mol. The molecule has 1 atom stereocenters. The molecule has 0 aliphatic carbocycles. The van der Waals surface area contributed by atoms with Gasteiger partial charge in [-0.3, -0.25) is 14.6 Å². The van der Waals surface area contributed by atoms with Gasteiger partial charge in [0.2, 0.25) is 11.8 Å². The van der Waals surface area contributed by atoms with Crippen molar-refractivity contribution in [2.45, 2.75) is 25.8 Å². The SMILES string of the molecule is COc1ccc(-c2csc(CCNC(=O)C3CN(C(C)=O)Cc4cccnc43)n2)cc1. The number of thiazole rings is 1. The molecule has 4 rings (SSSR count). The third-order valence-electron chi connectivity index (χ3n) is 5.36. The summed E-state index contributed by atoms with van der Waals surface area (Å²) in [4.78, 5) is 35.6. The molecule has 3 aromatic rings. The summed E-state index contributed by atoms with van der Waals surface area (Å²) < 4.78 is 5.19. The number of benzene rings is 1. The van der Waals surface area contributed by atoms with Crippen LogP contribution in [0.2, 0.25) is 0 Å². The number of rotatable bonds is 6. The van der Waals surface area contributed by atoms with Crippen molar-refractivity contribution < 1.29 is 14.3 Å². The number of carbonyl (C=O) groups excluding carboxylic acids is 2. The van der Waals surface area contributed by atoms with Crippen molar-refractivity contribution in [3.8, 4) is 17.0 Å². The predicted octanol–water partition coefficient (Wildman–Crippen LogP) is 3.02. The van der Waals surface area contributed by atoms with Gasteiger partial charge in [-0.2, -0.15) is 0 Å². The lowest BCUT2D eigenvalue weighted by Gasteiger charge is -2.32. The molecule has 1 unspecified atom stereocenters. The third-order valence-corrected chi connectivity index (χ3v) is 6.27. The lowest BCUT2D eigenvalue weighted by atomic mass is 9.94. The second-order valence-corrected chi connectivity index (χ2v) is 8.34. The Bertz CT molecular complexity index is 1080. The number of ether oxygens (including phenoxy) is 1. The molecular formula is C23H24N4O3S. The van der Waals surface area contributed by atoms with Crippen LogP contribution in [0.25, 0.3) is 11.3 Å². The van der Waals surface area contributed by atoms with Crippen molar-refractivity contribution in [3.05, 3.63) is 64.2 Å². The summed E-state index contributed by atoms with van der Waals surface area (Å²) >= 11 is 1.58. The molecular weight excluding hydrogens is 412 g/mol. The van der Waals surface area contributed by atoms with Crippen molar-refractivity contribution in [2.24, 2.45) is 0 Å². The maximum atomic E-state index is 12.9. The lowest BCUT2D eigenvalue weighted by molar-refractivity contribution is -0.131. The Morgan fingerprint density at radius 3 is 2.81 bits per heavy atom. The van der Waals surface area contributed by atoms with Crippen molar-refractivity contribution in [2.75, 3.05) is 20.2 Å². The van der Waals surface area contributed by atoms with Crippen molar-refractivity contribution in [1.29, 1.82) is 0 Å². The number of aromatic nitrogens is 2. The van der Waals surface area contributed by atoms with Gasteiger partial charge in [0.05, 0.1) is 29.4 Å². The van der Waals surface area contributed by atoms with E-state index in [2.05, 4.69) is 15.3 Å². The third kappa shape index (κ3) is 4.74. The standard InChI is InChI=1S/C23H24N4O3S/c1-15(28)27-12-17-4-3-10-24-22(17)19(13-27)23(29)25-11-9-21-26-20(14-31-21)16-5-7-18(30-2)8-6-16/h3-8,10,14,19H,9,11-13H2,1-2H3,(H,25,29). The Kier molecular flexibility index (Phi) is 6.27. The first kappa shape index (κ1) is 21.0. The Morgan fingerprint density at radius 1 is 1.26 bits per heavy atom. The Labute approximate surface area is 185 Å². The number of methoxy groups -OCH3 is 1. The van der Waals surface area contributed by atoms with Gasteiger partial charge in [0.15, 0.2) is 0 Å². The second kappa shape index (κ2) is 9.26. The molecule has 160 valence electrons. The highest BCUT2D eigenvalue weighted by Crippen LogP contribution is 2.27. The first-order valence-electron chi connectivity index (χ1n) is 10.1. The highest BCUT2D eigenvalue weighted by Gasteiger charge is 2.32. The van der Waals surface area contributed by atoms with Crippen LogP contribution < -0.4 is 10.1 Å². The largest absolute Gasteiger partial charge is 0.497 e. The number of hydrogen-bond acceptors (Lipinski definition) is 6. The van der Waals surface area contributed by atoms with Crippen LogP contribution in [0.4, 0.5) is 0 Å². The van der Waals surface area contributed by atoms with Gasteiger partial charge in [-0.05, 0) is 35.9 Å². The van der Waals surface area contributed by atoms with Crippen LogP contribution in [0.3, 0.4) is 0 Å². The molecule has 3 heterocycles. The topological polar surface area (TPSA) is 84.4 Å². The molecule has 0 saturated carbocycles. The maximum absolute atomic E-state index is 12.9. The highest BCUT2D eigenvalue weighted by molar-refractivity contribution is 7.09. The Morgan fingerprint density at radius 2 is 2.06 bits per heavy atom. The van der Waals surface area contributed by atoms with Gasteiger partial charge in [-0.1, -0.05) is 6.07 Å². The molecule has 1 aliphatic heterocycles. The second-order valence-electron chi connectivity index (χ2n) is 7.40. The number of amides is 2. The van der Waals surface area contributed by atoms with Crippen LogP contribution in [0.1, 0.15) is 29.1 Å². The lowest BCUT2D eigenvalue weighted by Crippen LogP contribution is -2.43. The summed E-state index contributed by atoms with van der Waals surface area (Å²) in [6, 6.07) is 11.5. The summed E-state index contributed by atoms with van der Waals surface area (Å²) in [5.74, 6) is 0.197. The molecule has 0 fully saturated rings. The quantitative estimate of drug-likeness (QED) is 0.642. The normalized spacial score (nSPS) is 15.3. The summed E-state index contributed by atoms with van der Waals surface area (Å²) in [7, 11) is 1.64. The minimum atomic E-state index is -0.458. The van der Waals surface area contributed by atoms with Crippen LogP contribution in [0, 0.1) is 0 Å². The fourth-order valence-corrected chi connectivity index (χ4v) is 4.47. The van der Waals surface area contributed by atoms with E-state index in [4.69, 9.17) is 4.74 Å². The molecule has 31 heavy (non-hydrogen) atoms. The van der Waals surface area contributed by atoms with E-state index in [9.17, 15) is 9.59 Å². The molecule has 1 N–H and O–H groups in total. The molecule has 2 aromatic heterocycles. The molecule has 0 saturated heterocycles. The molecule has 7 nitrogen and oxygen atoms in total. The van der Waals surface area contributed by atoms with E-state index in [-0.39, 0.29) is 11.8 Å². The number of hydrogen-bond donors (Lipinski definition) is 1. The summed E-state index contributed by atoms with van der Waals surface area (Å²) in [6.07, 6.45) is 2.34. The minimum Gasteiger partial charge on any atom is -0.497 e. The molecule has 1 aromatic carbocycles. The van der Waals surface area contributed by atoms with Gasteiger partial charge in [0, 0.05) is 50.1 Å². The number of carbonyl (C=O) groups is 2. The Hall–Kier alpha value is -3.26. The van der Waals surface area contributed by atoms with E-state index in [0.717, 1.165) is 33.3 Å². The molecule has 0 spiro atoms. The molecule has 2 amide bonds. The molecule has 8 heteroatoms. The van der Waals surface area contributed by atoms with E-state index in [1.807, 2.05) is 41.8 Å². The van der Waals surface area contributed by atoms with Gasteiger partial charge in [-0.15, -0.1) is 11.3 Å². The number of fused-ring (bicyclic) bond motifs is 1. The smallest absolute Gasteiger partial charge is 0.230 e. The number of nitrogens with one attached hydrogen (secondary N) is 1. The fraction of sp³-hybridized carbons (Fsp3) is 0.304. The van der Waals surface area contributed by atoms with Gasteiger partial charge < -0.3 is 15.0 Å². The minimum absolute atomic E-state index is 0.0406. The van der Waals surface area contributed by atoms with Gasteiger partial charge in [-0.25, -0.2) is 4.98 Å². The molecule has 0 bridgehead atoms. The van der Waals surface area contributed by atoms with Crippen molar-refractivity contribution in [1.82, 2.24) is 20.2 Å². The zero-order chi connectivity index (χ0) is 21.8. The Balaban J connectivity index is 1.37. The van der Waals surface area contributed by atoms with E-state index >= 15 is 0 Å². The van der Waals surface area contributed by atoms with Gasteiger partial charge >= 0.3 is 0 Å². The van der Waals surface area contributed by atoms with Crippen molar-refractivity contribution in [3.63, 3.8) is 0 Å². The van der Waals surface area contributed by atoms with E-state index in [1.165, 1.54) is 6.92 Å². The summed E-state index contributed by atoms with van der Waals surface area (Å²) in [5, 5.41) is 5.97. The zero-order valence-electron chi connectivity index (χ0n) is 17.5. The molecule has 0 radical (unpaired) electrons. The van der Waals surface area contributed by atoms with Crippen LogP contribution in [-0.4, -0.2) is 46.9 Å². The van der Waals surface area contributed by atoms with Crippen molar-refractivity contribution >= 4 is 23.2 Å². The number of pyridine rings is 1. The van der Waals surface area contributed by atoms with Crippen LogP contribution in [0.15, 0.2) is 48.0 Å². The summed E-state index contributed by atoms with van der Waals surface area (Å²) in [5.41, 5.74) is 3.62. The summed E-state index contributed by atoms with van der Waals surface area (Å²) in [6.45, 7) is 2.85. The van der Waals surface area contributed by atoms with E-state index in [0.29, 0.717) is 26.1 Å². The van der Waals surface area contributed by atoms with Crippen LogP contribution in [-0.2, 0) is 22.6 Å². The van der Waals surface area contributed by atoms with Crippen LogP contribution in [0.5, 0.6) is 5.75 Å². The average Bonchev–Trinajstić information content (AvgIpc) is 3.27. The average molecular weight is 437 g/mol. The highest BCUT2D eigenvalue weighted by atomic mass is 32.1. The first-order valence-corrected chi connectivity index (χ1v) is 11.0. The first-order chi connectivity index (χ1) is 15.0. The van der Waals surface area contributed by atoms with Gasteiger partial charge in [0.25, 0.3) is 0 Å². The number of nitrogens with zero attached hydrogens (tertiary/aromatic N) is 3. The van der Waals surface area contributed by atoms with E-state index < -0.39 is 5.92 Å². The van der Waals surface area contributed by atoms with E-state index in [1.54, 1.807) is 29.5 Å². The fourth-order valence-electron chi connectivity index (χ4n) is 3.66. The molecule has 1 aliphatic rings. The monoisotopic (exact) mass is 436 g/mol. The maximum Gasteiger partial charge on any atom is 0.230 e. The van der Waals surface area contributed by atoms with Gasteiger partial charge in [0.1, 0.15) is 5.75 Å².